The summed E-state index contributed by atoms with van der Waals surface area (Å²) < 4.78 is 27.7. The molecule has 1 fully saturated rings. The normalized spacial score (nSPS) is 15.5. The van der Waals surface area contributed by atoms with Crippen LogP contribution in [-0.4, -0.2) is 39.7 Å². The van der Waals surface area contributed by atoms with Crippen LogP contribution < -0.4 is 10.9 Å². The third-order valence-electron chi connectivity index (χ3n) is 4.85. The van der Waals surface area contributed by atoms with Gasteiger partial charge < -0.3 is 5.32 Å². The maximum absolute atomic E-state index is 13.3. The van der Waals surface area contributed by atoms with Gasteiger partial charge in [0.2, 0.25) is 0 Å². The molecule has 2 aromatic rings. The fourth-order valence-electron chi connectivity index (χ4n) is 3.33. The minimum absolute atomic E-state index is 0.0158. The number of aromatic nitrogens is 2. The lowest BCUT2D eigenvalue weighted by atomic mass is 10.0. The summed E-state index contributed by atoms with van der Waals surface area (Å²) >= 11 is 0. The van der Waals surface area contributed by atoms with E-state index in [2.05, 4.69) is 15.3 Å². The number of halogens is 2. The summed E-state index contributed by atoms with van der Waals surface area (Å²) in [5, 5.41) is 7.10. The monoisotopic (exact) mass is 390 g/mol. The zero-order valence-corrected chi connectivity index (χ0v) is 15.8. The van der Waals surface area contributed by atoms with Crippen LogP contribution in [0.5, 0.6) is 0 Å². The van der Waals surface area contributed by atoms with E-state index in [9.17, 15) is 18.4 Å². The van der Waals surface area contributed by atoms with Crippen molar-refractivity contribution in [1.29, 1.82) is 0 Å². The summed E-state index contributed by atoms with van der Waals surface area (Å²) in [6.45, 7) is 4.44. The summed E-state index contributed by atoms with van der Waals surface area (Å²) in [6.07, 6.45) is 2.27. The van der Waals surface area contributed by atoms with Crippen molar-refractivity contribution in [1.82, 2.24) is 20.0 Å². The van der Waals surface area contributed by atoms with E-state index in [1.54, 1.807) is 6.07 Å². The van der Waals surface area contributed by atoms with Crippen molar-refractivity contribution in [2.75, 3.05) is 13.1 Å². The maximum Gasteiger partial charge on any atom is 0.271 e. The van der Waals surface area contributed by atoms with Crippen molar-refractivity contribution in [3.63, 3.8) is 0 Å². The molecule has 1 amide bonds. The van der Waals surface area contributed by atoms with Crippen LogP contribution >= 0.6 is 0 Å². The molecule has 0 radical (unpaired) electrons. The van der Waals surface area contributed by atoms with E-state index in [4.69, 9.17) is 0 Å². The summed E-state index contributed by atoms with van der Waals surface area (Å²) in [5.74, 6) is -1.97. The molecule has 0 saturated carbocycles. The highest BCUT2D eigenvalue weighted by Crippen LogP contribution is 2.16. The topological polar surface area (TPSA) is 67.2 Å². The Bertz CT molecular complexity index is 892. The Hall–Kier alpha value is -2.61. The first-order valence-electron chi connectivity index (χ1n) is 9.51. The number of carbonyl (C=O) groups is 1. The molecule has 1 aliphatic rings. The van der Waals surface area contributed by atoms with E-state index < -0.39 is 11.6 Å². The predicted molar refractivity (Wildman–Crippen MR) is 101 cm³/mol. The number of piperidine rings is 1. The number of aryl methyl sites for hydroxylation is 1. The molecule has 1 saturated heterocycles. The van der Waals surface area contributed by atoms with Gasteiger partial charge in [-0.2, -0.15) is 5.10 Å². The lowest BCUT2D eigenvalue weighted by Crippen LogP contribution is -2.44. The van der Waals surface area contributed by atoms with Gasteiger partial charge in [-0.25, -0.2) is 13.5 Å². The Morgan fingerprint density at radius 1 is 1.18 bits per heavy atom. The molecule has 6 nitrogen and oxygen atoms in total. The second-order valence-corrected chi connectivity index (χ2v) is 7.05. The van der Waals surface area contributed by atoms with E-state index in [0.717, 1.165) is 44.0 Å². The van der Waals surface area contributed by atoms with Crippen LogP contribution in [0.3, 0.4) is 0 Å². The van der Waals surface area contributed by atoms with Crippen molar-refractivity contribution < 1.29 is 13.6 Å². The van der Waals surface area contributed by atoms with Gasteiger partial charge in [0.05, 0.1) is 0 Å². The van der Waals surface area contributed by atoms with E-state index in [1.807, 2.05) is 6.92 Å². The van der Waals surface area contributed by atoms with Crippen molar-refractivity contribution in [3.8, 4) is 0 Å². The largest absolute Gasteiger partial charge is 0.348 e. The van der Waals surface area contributed by atoms with Crippen molar-refractivity contribution in [2.45, 2.75) is 45.3 Å². The Balaban J connectivity index is 1.52. The van der Waals surface area contributed by atoms with E-state index in [1.165, 1.54) is 22.9 Å². The van der Waals surface area contributed by atoms with Gasteiger partial charge in [-0.05, 0) is 43.0 Å². The van der Waals surface area contributed by atoms with Crippen LogP contribution in [0.4, 0.5) is 8.78 Å². The predicted octanol–water partition coefficient (Wildman–Crippen LogP) is 2.33. The Kier molecular flexibility index (Phi) is 6.51. The number of likely N-dealkylation sites (tertiary alicyclic amines) is 1. The number of rotatable bonds is 6. The number of hydrogen-bond donors (Lipinski definition) is 1. The zero-order chi connectivity index (χ0) is 20.1. The highest BCUT2D eigenvalue weighted by Gasteiger charge is 2.22. The van der Waals surface area contributed by atoms with Crippen molar-refractivity contribution in [3.05, 3.63) is 63.6 Å². The van der Waals surface area contributed by atoms with Crippen LogP contribution in [0, 0.1) is 11.6 Å². The zero-order valence-electron chi connectivity index (χ0n) is 15.8. The lowest BCUT2D eigenvalue weighted by Gasteiger charge is -2.32. The van der Waals surface area contributed by atoms with Gasteiger partial charge in [-0.1, -0.05) is 13.0 Å². The SMILES string of the molecule is CCCn1nc(C(=O)NC2CCN(Cc3ccc(F)c(F)c3)CC2)ccc1=O. The molecule has 0 unspecified atom stereocenters. The van der Waals surface area contributed by atoms with E-state index in [0.29, 0.717) is 13.1 Å². The molecule has 0 bridgehead atoms. The Morgan fingerprint density at radius 2 is 1.93 bits per heavy atom. The molecule has 1 aliphatic heterocycles. The number of carbonyl (C=O) groups excluding carboxylic acids is 1. The van der Waals surface area contributed by atoms with Crippen LogP contribution in [0.2, 0.25) is 0 Å². The average Bonchev–Trinajstić information content (AvgIpc) is 2.68. The molecule has 2 heterocycles. The summed E-state index contributed by atoms with van der Waals surface area (Å²) in [6, 6.07) is 6.78. The van der Waals surface area contributed by atoms with Crippen molar-refractivity contribution >= 4 is 5.91 Å². The first-order valence-corrected chi connectivity index (χ1v) is 9.51. The van der Waals surface area contributed by atoms with E-state index >= 15 is 0 Å². The molecule has 1 N–H and O–H groups in total. The van der Waals surface area contributed by atoms with Crippen molar-refractivity contribution in [2.24, 2.45) is 0 Å². The minimum atomic E-state index is -0.843. The number of benzene rings is 1. The molecule has 8 heteroatoms. The fraction of sp³-hybridized carbons (Fsp3) is 0.450. The average molecular weight is 390 g/mol. The second-order valence-electron chi connectivity index (χ2n) is 7.05. The van der Waals surface area contributed by atoms with Gasteiger partial charge in [0.25, 0.3) is 11.5 Å². The standard InChI is InChI=1S/C20H24F2N4O2/c1-2-9-26-19(27)6-5-18(24-26)20(28)23-15-7-10-25(11-8-15)13-14-3-4-16(21)17(22)12-14/h3-6,12,15H,2,7-11,13H2,1H3,(H,23,28). The molecule has 0 spiro atoms. The van der Waals surface area contributed by atoms with Gasteiger partial charge in [0, 0.05) is 38.3 Å². The number of amides is 1. The lowest BCUT2D eigenvalue weighted by molar-refractivity contribution is 0.0901. The van der Waals surface area contributed by atoms with E-state index in [-0.39, 0.29) is 23.2 Å². The van der Waals surface area contributed by atoms with Gasteiger partial charge in [0.1, 0.15) is 5.69 Å². The van der Waals surface area contributed by atoms with Crippen LogP contribution in [0.15, 0.2) is 35.1 Å². The first-order chi connectivity index (χ1) is 13.5. The maximum atomic E-state index is 13.3. The fourth-order valence-corrected chi connectivity index (χ4v) is 3.33. The Morgan fingerprint density at radius 3 is 2.61 bits per heavy atom. The molecule has 3 rings (SSSR count). The third kappa shape index (κ3) is 5.01. The Labute approximate surface area is 162 Å². The number of hydrogen-bond acceptors (Lipinski definition) is 4. The van der Waals surface area contributed by atoms with Crippen LogP contribution in [0.25, 0.3) is 0 Å². The van der Waals surface area contributed by atoms with Gasteiger partial charge in [-0.3, -0.25) is 14.5 Å². The van der Waals surface area contributed by atoms with Crippen LogP contribution in [0.1, 0.15) is 42.2 Å². The number of nitrogens with zero attached hydrogens (tertiary/aromatic N) is 3. The van der Waals surface area contributed by atoms with Gasteiger partial charge in [-0.15, -0.1) is 0 Å². The highest BCUT2D eigenvalue weighted by molar-refractivity contribution is 5.92. The highest BCUT2D eigenvalue weighted by atomic mass is 19.2. The molecule has 0 aliphatic carbocycles. The summed E-state index contributed by atoms with van der Waals surface area (Å²) in [7, 11) is 0. The number of nitrogens with one attached hydrogen (secondary N) is 1. The van der Waals surface area contributed by atoms with Gasteiger partial charge in [0.15, 0.2) is 11.6 Å². The molecule has 1 aromatic carbocycles. The molecule has 150 valence electrons. The smallest absolute Gasteiger partial charge is 0.271 e. The first kappa shape index (κ1) is 20.1. The van der Waals surface area contributed by atoms with Crippen LogP contribution in [-0.2, 0) is 13.1 Å². The molecule has 28 heavy (non-hydrogen) atoms. The molecule has 0 atom stereocenters. The molecular weight excluding hydrogens is 366 g/mol. The summed E-state index contributed by atoms with van der Waals surface area (Å²) in [4.78, 5) is 26.3. The third-order valence-corrected chi connectivity index (χ3v) is 4.85. The molecule has 1 aromatic heterocycles. The quantitative estimate of drug-likeness (QED) is 0.822. The second kappa shape index (κ2) is 9.05. The summed E-state index contributed by atoms with van der Waals surface area (Å²) in [5.41, 5.74) is 0.741. The minimum Gasteiger partial charge on any atom is -0.348 e. The molecular formula is C20H24F2N4O2. The van der Waals surface area contributed by atoms with Gasteiger partial charge >= 0.3 is 0 Å².